The summed E-state index contributed by atoms with van der Waals surface area (Å²) in [6.45, 7) is 0.462. The zero-order chi connectivity index (χ0) is 13.1. The fourth-order valence-corrected chi connectivity index (χ4v) is 2.15. The van der Waals surface area contributed by atoms with Gasteiger partial charge in [0, 0.05) is 12.1 Å². The Hall–Kier alpha value is -2.04. The van der Waals surface area contributed by atoms with Crippen LogP contribution < -0.4 is 9.84 Å². The summed E-state index contributed by atoms with van der Waals surface area (Å²) in [5.41, 5.74) is 0.462. The van der Waals surface area contributed by atoms with Gasteiger partial charge < -0.3 is 19.5 Å². The number of amides is 1. The molecule has 0 aromatic heterocycles. The SMILES string of the molecule is COc1ccc(C(=O)N2CCC[C@@H]2C(=O)[O-])cc1. The van der Waals surface area contributed by atoms with Gasteiger partial charge in [0.05, 0.1) is 19.1 Å². The third kappa shape index (κ3) is 2.30. The molecule has 1 aliphatic heterocycles. The Labute approximate surface area is 105 Å². The number of carbonyl (C=O) groups excluding carboxylic acids is 2. The predicted octanol–water partition coefficient (Wildman–Crippen LogP) is 0.0497. The molecule has 1 aromatic rings. The molecule has 0 radical (unpaired) electrons. The number of hydrogen-bond donors (Lipinski definition) is 0. The van der Waals surface area contributed by atoms with Crippen LogP contribution in [0.1, 0.15) is 23.2 Å². The Morgan fingerprint density at radius 2 is 2.00 bits per heavy atom. The second-order valence-corrected chi connectivity index (χ2v) is 4.20. The minimum absolute atomic E-state index is 0.274. The molecule has 0 aliphatic carbocycles. The van der Waals surface area contributed by atoms with E-state index in [1.807, 2.05) is 0 Å². The van der Waals surface area contributed by atoms with Gasteiger partial charge in [-0.25, -0.2) is 0 Å². The minimum atomic E-state index is -1.19. The largest absolute Gasteiger partial charge is 0.548 e. The Bertz CT molecular complexity index is 455. The van der Waals surface area contributed by atoms with Gasteiger partial charge in [-0.1, -0.05) is 0 Å². The average Bonchev–Trinajstić information content (AvgIpc) is 2.87. The number of carboxylic acids is 1. The molecule has 0 bridgehead atoms. The van der Waals surface area contributed by atoms with E-state index in [2.05, 4.69) is 0 Å². The first-order valence-electron chi connectivity index (χ1n) is 5.79. The van der Waals surface area contributed by atoms with E-state index in [9.17, 15) is 14.7 Å². The molecule has 96 valence electrons. The normalized spacial score (nSPS) is 18.7. The molecule has 1 saturated heterocycles. The van der Waals surface area contributed by atoms with Crippen molar-refractivity contribution in [2.45, 2.75) is 18.9 Å². The molecule has 0 spiro atoms. The number of aliphatic carboxylic acids is 1. The fourth-order valence-electron chi connectivity index (χ4n) is 2.15. The summed E-state index contributed by atoms with van der Waals surface area (Å²) in [5.74, 6) is -0.803. The van der Waals surface area contributed by atoms with E-state index < -0.39 is 12.0 Å². The van der Waals surface area contributed by atoms with E-state index in [0.717, 1.165) is 0 Å². The van der Waals surface area contributed by atoms with Gasteiger partial charge in [-0.05, 0) is 37.1 Å². The topological polar surface area (TPSA) is 69.7 Å². The Balaban J connectivity index is 2.17. The maximum absolute atomic E-state index is 12.2. The van der Waals surface area contributed by atoms with Crippen LogP contribution in [0.5, 0.6) is 5.75 Å². The first-order valence-corrected chi connectivity index (χ1v) is 5.79. The van der Waals surface area contributed by atoms with Gasteiger partial charge in [-0.15, -0.1) is 0 Å². The van der Waals surface area contributed by atoms with Crippen molar-refractivity contribution in [1.29, 1.82) is 0 Å². The van der Waals surface area contributed by atoms with Crippen molar-refractivity contribution in [3.05, 3.63) is 29.8 Å². The molecule has 1 atom stereocenters. The number of likely N-dealkylation sites (tertiary alicyclic amines) is 1. The molecule has 1 aliphatic rings. The van der Waals surface area contributed by atoms with E-state index in [1.165, 1.54) is 4.90 Å². The molecule has 0 N–H and O–H groups in total. The van der Waals surface area contributed by atoms with Crippen molar-refractivity contribution in [2.24, 2.45) is 0 Å². The van der Waals surface area contributed by atoms with Gasteiger partial charge in [-0.2, -0.15) is 0 Å². The van der Waals surface area contributed by atoms with Gasteiger partial charge >= 0.3 is 0 Å². The van der Waals surface area contributed by atoms with E-state index >= 15 is 0 Å². The Morgan fingerprint density at radius 1 is 1.33 bits per heavy atom. The van der Waals surface area contributed by atoms with E-state index in [-0.39, 0.29) is 5.91 Å². The van der Waals surface area contributed by atoms with E-state index in [1.54, 1.807) is 31.4 Å². The summed E-state index contributed by atoms with van der Waals surface area (Å²) < 4.78 is 5.00. The standard InChI is InChI=1S/C13H15NO4/c1-18-10-6-4-9(5-7-10)12(15)14-8-2-3-11(14)13(16)17/h4-7,11H,2-3,8H2,1H3,(H,16,17)/p-1/t11-/m1/s1. The minimum Gasteiger partial charge on any atom is -0.548 e. The van der Waals surface area contributed by atoms with Crippen molar-refractivity contribution < 1.29 is 19.4 Å². The van der Waals surface area contributed by atoms with Crippen LogP contribution in [0.25, 0.3) is 0 Å². The number of rotatable bonds is 3. The molecule has 1 amide bonds. The van der Waals surface area contributed by atoms with Gasteiger partial charge in [0.2, 0.25) is 0 Å². The predicted molar refractivity (Wildman–Crippen MR) is 62.1 cm³/mol. The number of hydrogen-bond acceptors (Lipinski definition) is 4. The fraction of sp³-hybridized carbons (Fsp3) is 0.385. The first-order chi connectivity index (χ1) is 8.63. The van der Waals surface area contributed by atoms with Crippen LogP contribution in [0, 0.1) is 0 Å². The summed E-state index contributed by atoms with van der Waals surface area (Å²) in [4.78, 5) is 24.4. The van der Waals surface area contributed by atoms with Crippen LogP contribution in [0.2, 0.25) is 0 Å². The van der Waals surface area contributed by atoms with Crippen molar-refractivity contribution in [1.82, 2.24) is 4.90 Å². The number of nitrogens with zero attached hydrogens (tertiary/aromatic N) is 1. The highest BCUT2D eigenvalue weighted by Crippen LogP contribution is 2.21. The zero-order valence-corrected chi connectivity index (χ0v) is 10.1. The third-order valence-corrected chi connectivity index (χ3v) is 3.12. The smallest absolute Gasteiger partial charge is 0.254 e. The molecule has 0 saturated carbocycles. The summed E-state index contributed by atoms with van der Waals surface area (Å²) in [6, 6.07) is 5.81. The lowest BCUT2D eigenvalue weighted by atomic mass is 10.1. The van der Waals surface area contributed by atoms with Crippen LogP contribution in [0.3, 0.4) is 0 Å². The number of carbonyl (C=O) groups is 2. The molecule has 2 rings (SSSR count). The van der Waals surface area contributed by atoms with Gasteiger partial charge in [0.1, 0.15) is 5.75 Å². The van der Waals surface area contributed by atoms with Crippen molar-refractivity contribution in [3.8, 4) is 5.75 Å². The second kappa shape index (κ2) is 5.08. The van der Waals surface area contributed by atoms with Crippen LogP contribution in [0.4, 0.5) is 0 Å². The second-order valence-electron chi connectivity index (χ2n) is 4.20. The van der Waals surface area contributed by atoms with Crippen LogP contribution >= 0.6 is 0 Å². The highest BCUT2D eigenvalue weighted by Gasteiger charge is 2.30. The van der Waals surface area contributed by atoms with E-state index in [4.69, 9.17) is 4.74 Å². The maximum Gasteiger partial charge on any atom is 0.254 e. The molecule has 18 heavy (non-hydrogen) atoms. The maximum atomic E-state index is 12.2. The molecule has 1 fully saturated rings. The molecule has 5 nitrogen and oxygen atoms in total. The van der Waals surface area contributed by atoms with E-state index in [0.29, 0.717) is 30.7 Å². The van der Waals surface area contributed by atoms with Crippen molar-refractivity contribution in [3.63, 3.8) is 0 Å². The lowest BCUT2D eigenvalue weighted by Crippen LogP contribution is -2.46. The van der Waals surface area contributed by atoms with Crippen LogP contribution in [-0.4, -0.2) is 36.5 Å². The quantitative estimate of drug-likeness (QED) is 0.758. The van der Waals surface area contributed by atoms with Crippen LogP contribution in [0.15, 0.2) is 24.3 Å². The van der Waals surface area contributed by atoms with Crippen molar-refractivity contribution >= 4 is 11.9 Å². The first kappa shape index (κ1) is 12.4. The van der Waals surface area contributed by atoms with Crippen molar-refractivity contribution in [2.75, 3.05) is 13.7 Å². The molecule has 0 unspecified atom stereocenters. The summed E-state index contributed by atoms with van der Waals surface area (Å²) in [6.07, 6.45) is 1.16. The lowest BCUT2D eigenvalue weighted by Gasteiger charge is -2.25. The molecule has 1 heterocycles. The number of benzene rings is 1. The Kier molecular flexibility index (Phi) is 3.50. The highest BCUT2D eigenvalue weighted by atomic mass is 16.5. The molecule has 5 heteroatoms. The molecular formula is C13H14NO4-. The Morgan fingerprint density at radius 3 is 2.56 bits per heavy atom. The average molecular weight is 248 g/mol. The van der Waals surface area contributed by atoms with Crippen LogP contribution in [-0.2, 0) is 4.79 Å². The number of ether oxygens (including phenoxy) is 1. The monoisotopic (exact) mass is 248 g/mol. The highest BCUT2D eigenvalue weighted by molar-refractivity contribution is 5.96. The molecular weight excluding hydrogens is 234 g/mol. The number of methoxy groups -OCH3 is 1. The summed E-state index contributed by atoms with van der Waals surface area (Å²) >= 11 is 0. The summed E-state index contributed by atoms with van der Waals surface area (Å²) in [7, 11) is 1.55. The summed E-state index contributed by atoms with van der Waals surface area (Å²) in [5, 5.41) is 10.9. The zero-order valence-electron chi connectivity index (χ0n) is 10.1. The van der Waals surface area contributed by atoms with Gasteiger partial charge in [-0.3, -0.25) is 4.79 Å². The van der Waals surface area contributed by atoms with Gasteiger partial charge in [0.15, 0.2) is 0 Å². The number of carboxylic acid groups (broad SMARTS) is 1. The van der Waals surface area contributed by atoms with Gasteiger partial charge in [0.25, 0.3) is 5.91 Å². The lowest BCUT2D eigenvalue weighted by molar-refractivity contribution is -0.310. The molecule has 1 aromatic carbocycles. The third-order valence-electron chi connectivity index (χ3n) is 3.12.